The van der Waals surface area contributed by atoms with Gasteiger partial charge in [0.05, 0.1) is 18.8 Å². The Morgan fingerprint density at radius 1 is 1.13 bits per heavy atom. The van der Waals surface area contributed by atoms with E-state index in [0.717, 1.165) is 34.3 Å². The second kappa shape index (κ2) is 13.3. The lowest BCUT2D eigenvalue weighted by Crippen LogP contribution is -2.36. The normalized spacial score (nSPS) is 11.2. The number of guanidine groups is 1. The van der Waals surface area contributed by atoms with Crippen LogP contribution in [0.4, 0.5) is 0 Å². The predicted molar refractivity (Wildman–Crippen MR) is 138 cm³/mol. The van der Waals surface area contributed by atoms with E-state index in [4.69, 9.17) is 4.74 Å². The fraction of sp³-hybridized carbons (Fsp3) is 0.348. The van der Waals surface area contributed by atoms with Crippen LogP contribution < -0.4 is 15.4 Å². The van der Waals surface area contributed by atoms with E-state index in [-0.39, 0.29) is 24.0 Å². The van der Waals surface area contributed by atoms with Gasteiger partial charge < -0.3 is 15.4 Å². The van der Waals surface area contributed by atoms with Gasteiger partial charge in [-0.05, 0) is 30.0 Å². The number of halogens is 1. The molecule has 0 spiro atoms. The highest BCUT2D eigenvalue weighted by Gasteiger charge is 2.07. The summed E-state index contributed by atoms with van der Waals surface area (Å²) in [5, 5.41) is 9.83. The summed E-state index contributed by atoms with van der Waals surface area (Å²) >= 11 is 1.68. The topological polar surface area (TPSA) is 71.4 Å². The van der Waals surface area contributed by atoms with Crippen molar-refractivity contribution in [2.24, 2.45) is 4.99 Å². The zero-order valence-electron chi connectivity index (χ0n) is 18.2. The summed E-state index contributed by atoms with van der Waals surface area (Å²) in [6, 6.07) is 14.0. The third kappa shape index (κ3) is 8.45. The first kappa shape index (κ1) is 25.1. The molecule has 1 aromatic carbocycles. The van der Waals surface area contributed by atoms with Crippen molar-refractivity contribution in [3.8, 4) is 5.88 Å². The molecule has 2 heterocycles. The molecule has 166 valence electrons. The van der Waals surface area contributed by atoms with Gasteiger partial charge in [-0.25, -0.2) is 15.0 Å². The first-order valence-electron chi connectivity index (χ1n) is 10.2. The number of nitrogens with one attached hydrogen (secondary N) is 2. The van der Waals surface area contributed by atoms with E-state index in [1.54, 1.807) is 17.5 Å². The molecule has 3 rings (SSSR count). The summed E-state index contributed by atoms with van der Waals surface area (Å²) in [5.41, 5.74) is 3.30. The Morgan fingerprint density at radius 2 is 1.94 bits per heavy atom. The fourth-order valence-corrected chi connectivity index (χ4v) is 3.60. The van der Waals surface area contributed by atoms with Gasteiger partial charge in [-0.15, -0.1) is 35.3 Å². The van der Waals surface area contributed by atoms with Crippen molar-refractivity contribution in [2.45, 2.75) is 46.4 Å². The maximum Gasteiger partial charge on any atom is 0.213 e. The van der Waals surface area contributed by atoms with Crippen LogP contribution in [0.25, 0.3) is 0 Å². The number of ether oxygens (including phenoxy) is 1. The first-order valence-corrected chi connectivity index (χ1v) is 11.1. The minimum Gasteiger partial charge on any atom is -0.473 e. The number of aliphatic imine (C=N–C) groups is 1. The van der Waals surface area contributed by atoms with Gasteiger partial charge in [-0.2, -0.15) is 0 Å². The fourth-order valence-electron chi connectivity index (χ4n) is 2.70. The molecule has 0 unspecified atom stereocenters. The Morgan fingerprint density at radius 3 is 2.65 bits per heavy atom. The molecule has 0 atom stereocenters. The zero-order chi connectivity index (χ0) is 21.2. The highest BCUT2D eigenvalue weighted by atomic mass is 127. The zero-order valence-corrected chi connectivity index (χ0v) is 21.3. The lowest BCUT2D eigenvalue weighted by Gasteiger charge is -2.10. The lowest BCUT2D eigenvalue weighted by molar-refractivity contribution is 0.293. The van der Waals surface area contributed by atoms with Crippen LogP contribution in [0, 0.1) is 0 Å². The quantitative estimate of drug-likeness (QED) is 0.220. The molecule has 0 aliphatic heterocycles. The summed E-state index contributed by atoms with van der Waals surface area (Å²) in [7, 11) is 0. The molecule has 0 aliphatic carbocycles. The van der Waals surface area contributed by atoms with Gasteiger partial charge in [0.25, 0.3) is 0 Å². The molecule has 0 aliphatic rings. The molecule has 2 aromatic heterocycles. The maximum atomic E-state index is 5.82. The highest BCUT2D eigenvalue weighted by molar-refractivity contribution is 14.0. The molecular formula is C23H30IN5OS. The van der Waals surface area contributed by atoms with Crippen LogP contribution in [0.15, 0.2) is 59.0 Å². The van der Waals surface area contributed by atoms with Crippen LogP contribution in [0.2, 0.25) is 0 Å². The largest absolute Gasteiger partial charge is 0.473 e. The molecule has 0 radical (unpaired) electrons. The molecule has 0 saturated carbocycles. The van der Waals surface area contributed by atoms with Crippen molar-refractivity contribution < 1.29 is 4.74 Å². The Labute approximate surface area is 205 Å². The molecule has 31 heavy (non-hydrogen) atoms. The number of pyridine rings is 1. The van der Waals surface area contributed by atoms with Crippen molar-refractivity contribution in [1.29, 1.82) is 0 Å². The van der Waals surface area contributed by atoms with E-state index in [2.05, 4.69) is 51.7 Å². The molecular weight excluding hydrogens is 521 g/mol. The van der Waals surface area contributed by atoms with Crippen LogP contribution in [0.3, 0.4) is 0 Å². The Kier molecular flexibility index (Phi) is 10.7. The van der Waals surface area contributed by atoms with Crippen LogP contribution in [-0.4, -0.2) is 22.5 Å². The standard InChI is InChI=1S/C23H29N5OS.HI/c1-4-24-23(27-14-22-28-20(16-30-22)17(2)3)26-13-19-10-11-25-21(12-19)29-15-18-8-6-5-7-9-18;/h5-12,16-17H,4,13-15H2,1-3H3,(H2,24,26,27);1H. The monoisotopic (exact) mass is 551 g/mol. The van der Waals surface area contributed by atoms with Crippen LogP contribution in [-0.2, 0) is 19.7 Å². The van der Waals surface area contributed by atoms with Gasteiger partial charge in [-0.1, -0.05) is 44.2 Å². The van der Waals surface area contributed by atoms with Gasteiger partial charge in [0, 0.05) is 24.2 Å². The van der Waals surface area contributed by atoms with E-state index < -0.39 is 0 Å². The average Bonchev–Trinajstić information content (AvgIpc) is 3.25. The number of aromatic nitrogens is 2. The molecule has 2 N–H and O–H groups in total. The van der Waals surface area contributed by atoms with E-state index in [9.17, 15) is 0 Å². The van der Waals surface area contributed by atoms with Crippen molar-refractivity contribution in [1.82, 2.24) is 20.6 Å². The van der Waals surface area contributed by atoms with Crippen LogP contribution in [0.1, 0.15) is 48.5 Å². The molecule has 0 amide bonds. The van der Waals surface area contributed by atoms with E-state index in [0.29, 0.717) is 31.5 Å². The number of rotatable bonds is 9. The summed E-state index contributed by atoms with van der Waals surface area (Å²) in [6.45, 7) is 8.85. The third-order valence-corrected chi connectivity index (χ3v) is 5.23. The number of hydrogen-bond acceptors (Lipinski definition) is 5. The smallest absolute Gasteiger partial charge is 0.213 e. The van der Waals surface area contributed by atoms with Gasteiger partial charge in [0.2, 0.25) is 5.88 Å². The number of hydrogen-bond donors (Lipinski definition) is 2. The molecule has 0 saturated heterocycles. The summed E-state index contributed by atoms with van der Waals surface area (Å²) in [4.78, 5) is 13.7. The van der Waals surface area contributed by atoms with Gasteiger partial charge >= 0.3 is 0 Å². The van der Waals surface area contributed by atoms with Gasteiger partial charge in [0.1, 0.15) is 11.6 Å². The van der Waals surface area contributed by atoms with Crippen molar-refractivity contribution in [3.63, 3.8) is 0 Å². The minimum absolute atomic E-state index is 0. The summed E-state index contributed by atoms with van der Waals surface area (Å²) < 4.78 is 5.82. The number of benzene rings is 1. The number of nitrogens with zero attached hydrogens (tertiary/aromatic N) is 3. The van der Waals surface area contributed by atoms with E-state index in [1.807, 2.05) is 42.5 Å². The van der Waals surface area contributed by atoms with Gasteiger partial charge in [0.15, 0.2) is 5.96 Å². The second-order valence-corrected chi connectivity index (χ2v) is 8.09. The Hall–Kier alpha value is -2.20. The molecule has 6 nitrogen and oxygen atoms in total. The Balaban J connectivity index is 0.00000341. The molecule has 0 bridgehead atoms. The summed E-state index contributed by atoms with van der Waals surface area (Å²) in [6.07, 6.45) is 1.76. The molecule has 3 aromatic rings. The highest BCUT2D eigenvalue weighted by Crippen LogP contribution is 2.17. The predicted octanol–water partition coefficient (Wildman–Crippen LogP) is 5.11. The number of thiazole rings is 1. The van der Waals surface area contributed by atoms with Crippen molar-refractivity contribution in [3.05, 3.63) is 75.9 Å². The van der Waals surface area contributed by atoms with Crippen LogP contribution in [0.5, 0.6) is 5.88 Å². The maximum absolute atomic E-state index is 5.82. The van der Waals surface area contributed by atoms with E-state index >= 15 is 0 Å². The average molecular weight is 551 g/mol. The lowest BCUT2D eigenvalue weighted by atomic mass is 10.2. The van der Waals surface area contributed by atoms with Crippen molar-refractivity contribution >= 4 is 41.3 Å². The minimum atomic E-state index is 0. The third-order valence-electron chi connectivity index (χ3n) is 4.36. The SMILES string of the molecule is CCNC(=NCc1ccnc(OCc2ccccc2)c1)NCc1nc(C(C)C)cs1.I. The van der Waals surface area contributed by atoms with Crippen molar-refractivity contribution in [2.75, 3.05) is 6.54 Å². The van der Waals surface area contributed by atoms with Crippen LogP contribution >= 0.6 is 35.3 Å². The molecule has 0 fully saturated rings. The Bertz CT molecular complexity index is 946. The molecule has 8 heteroatoms. The second-order valence-electron chi connectivity index (χ2n) is 7.15. The summed E-state index contributed by atoms with van der Waals surface area (Å²) in [5.74, 6) is 1.82. The van der Waals surface area contributed by atoms with Gasteiger partial charge in [-0.3, -0.25) is 0 Å². The first-order chi connectivity index (χ1) is 14.6. The van der Waals surface area contributed by atoms with E-state index in [1.165, 1.54) is 0 Å².